The molecule has 1 aliphatic rings. The van der Waals surface area contributed by atoms with Crippen molar-refractivity contribution in [2.45, 2.75) is 0 Å². The quantitative estimate of drug-likeness (QED) is 0.525. The van der Waals surface area contributed by atoms with Crippen molar-refractivity contribution in [2.75, 3.05) is 36.5 Å². The van der Waals surface area contributed by atoms with E-state index in [-0.39, 0.29) is 11.4 Å². The van der Waals surface area contributed by atoms with E-state index >= 15 is 0 Å². The number of aromatic nitrogens is 5. The summed E-state index contributed by atoms with van der Waals surface area (Å²) in [5.74, 6) is 0.926. The SMILES string of the molecule is Cn1nc(NC(=O)c2ccc(N3CCOCC3)nc2)cc1-c1nc2c(F)cccc2[nH]1. The molecule has 5 rings (SSSR count). The van der Waals surface area contributed by atoms with Crippen molar-refractivity contribution in [2.24, 2.45) is 7.05 Å². The summed E-state index contributed by atoms with van der Waals surface area (Å²) in [6.45, 7) is 2.90. The van der Waals surface area contributed by atoms with Crippen molar-refractivity contribution >= 4 is 28.6 Å². The van der Waals surface area contributed by atoms with Crippen molar-refractivity contribution in [1.82, 2.24) is 24.7 Å². The zero-order valence-electron chi connectivity index (χ0n) is 16.8. The Bertz CT molecular complexity index is 1240. The average Bonchev–Trinajstić information content (AvgIpc) is 3.38. The van der Waals surface area contributed by atoms with E-state index in [2.05, 4.69) is 30.3 Å². The highest BCUT2D eigenvalue weighted by Crippen LogP contribution is 2.24. The number of carbonyl (C=O) groups excluding carboxylic acids is 1. The van der Waals surface area contributed by atoms with Crippen LogP contribution in [0.3, 0.4) is 0 Å². The van der Waals surface area contributed by atoms with Crippen LogP contribution >= 0.6 is 0 Å². The topological polar surface area (TPSA) is 101 Å². The van der Waals surface area contributed by atoms with Crippen molar-refractivity contribution < 1.29 is 13.9 Å². The van der Waals surface area contributed by atoms with Gasteiger partial charge in [0.15, 0.2) is 17.5 Å². The largest absolute Gasteiger partial charge is 0.378 e. The molecule has 0 aliphatic carbocycles. The summed E-state index contributed by atoms with van der Waals surface area (Å²) in [6.07, 6.45) is 1.55. The lowest BCUT2D eigenvalue weighted by Crippen LogP contribution is -2.36. The lowest BCUT2D eigenvalue weighted by Gasteiger charge is -2.27. The molecule has 10 heteroatoms. The number of nitrogens with zero attached hydrogens (tertiary/aromatic N) is 5. The predicted molar refractivity (Wildman–Crippen MR) is 113 cm³/mol. The summed E-state index contributed by atoms with van der Waals surface area (Å²) in [7, 11) is 1.73. The summed E-state index contributed by atoms with van der Waals surface area (Å²) < 4.78 is 20.9. The molecule has 3 aromatic heterocycles. The first kappa shape index (κ1) is 19.2. The number of amides is 1. The highest BCUT2D eigenvalue weighted by molar-refractivity contribution is 6.03. The minimum atomic E-state index is -0.399. The molecule has 1 aromatic carbocycles. The van der Waals surface area contributed by atoms with Crippen LogP contribution in [0.15, 0.2) is 42.6 Å². The summed E-state index contributed by atoms with van der Waals surface area (Å²) >= 11 is 0. The van der Waals surface area contributed by atoms with Crippen LogP contribution in [-0.4, -0.2) is 56.9 Å². The van der Waals surface area contributed by atoms with Gasteiger partial charge in [-0.1, -0.05) is 6.07 Å². The fraction of sp³-hybridized carbons (Fsp3) is 0.238. The number of rotatable bonds is 4. The minimum absolute atomic E-state index is 0.260. The molecule has 158 valence electrons. The van der Waals surface area contributed by atoms with Crippen LogP contribution < -0.4 is 10.2 Å². The van der Waals surface area contributed by atoms with E-state index < -0.39 is 5.82 Å². The maximum absolute atomic E-state index is 14.0. The molecule has 1 saturated heterocycles. The lowest BCUT2D eigenvalue weighted by molar-refractivity contribution is 0.102. The number of anilines is 2. The van der Waals surface area contributed by atoms with Crippen LogP contribution in [0, 0.1) is 5.82 Å². The van der Waals surface area contributed by atoms with Gasteiger partial charge in [0, 0.05) is 32.4 Å². The molecule has 1 fully saturated rings. The van der Waals surface area contributed by atoms with Gasteiger partial charge >= 0.3 is 0 Å². The summed E-state index contributed by atoms with van der Waals surface area (Å²) in [5.41, 5.74) is 1.89. The van der Waals surface area contributed by atoms with E-state index in [0.29, 0.717) is 41.6 Å². The van der Waals surface area contributed by atoms with Gasteiger partial charge in [0.25, 0.3) is 5.91 Å². The molecule has 0 radical (unpaired) electrons. The number of H-pyrrole nitrogens is 1. The molecule has 0 bridgehead atoms. The van der Waals surface area contributed by atoms with Gasteiger partial charge in [-0.3, -0.25) is 9.48 Å². The Hall–Kier alpha value is -3.79. The van der Waals surface area contributed by atoms with Crippen LogP contribution in [0.25, 0.3) is 22.6 Å². The van der Waals surface area contributed by atoms with Gasteiger partial charge < -0.3 is 19.9 Å². The first-order valence-electron chi connectivity index (χ1n) is 9.87. The molecule has 9 nitrogen and oxygen atoms in total. The number of morpholine rings is 1. The number of benzene rings is 1. The van der Waals surface area contributed by atoms with Crippen LogP contribution in [0.2, 0.25) is 0 Å². The van der Waals surface area contributed by atoms with E-state index in [1.807, 2.05) is 6.07 Å². The van der Waals surface area contributed by atoms with Crippen molar-refractivity contribution in [3.05, 3.63) is 54.0 Å². The Labute approximate surface area is 176 Å². The average molecular weight is 421 g/mol. The molecule has 0 atom stereocenters. The number of halogens is 1. The first-order valence-corrected chi connectivity index (χ1v) is 9.87. The van der Waals surface area contributed by atoms with Gasteiger partial charge in [0.1, 0.15) is 17.0 Å². The van der Waals surface area contributed by atoms with Gasteiger partial charge in [0.05, 0.1) is 24.3 Å². The number of fused-ring (bicyclic) bond motifs is 1. The highest BCUT2D eigenvalue weighted by atomic mass is 19.1. The number of hydrogen-bond donors (Lipinski definition) is 2. The normalized spacial score (nSPS) is 14.2. The van der Waals surface area contributed by atoms with E-state index in [0.717, 1.165) is 18.9 Å². The van der Waals surface area contributed by atoms with Gasteiger partial charge in [-0.05, 0) is 24.3 Å². The summed E-state index contributed by atoms with van der Waals surface area (Å²) in [5, 5.41) is 7.10. The second-order valence-electron chi connectivity index (χ2n) is 7.22. The Balaban J connectivity index is 1.33. The molecule has 1 aliphatic heterocycles. The number of para-hydroxylation sites is 1. The third-order valence-electron chi connectivity index (χ3n) is 5.17. The second kappa shape index (κ2) is 7.80. The molecule has 4 aromatic rings. The molecule has 1 amide bonds. The molecular weight excluding hydrogens is 401 g/mol. The third-order valence-corrected chi connectivity index (χ3v) is 5.17. The standard InChI is InChI=1S/C21H20FN7O2/c1-28-16(20-24-15-4-2-3-14(22)19(15)26-20)11-17(27-28)25-21(30)13-5-6-18(23-12-13)29-7-9-31-10-8-29/h2-6,11-12H,7-10H2,1H3,(H,24,26)(H,25,27,30). The van der Waals surface area contributed by atoms with Crippen molar-refractivity contribution in [3.63, 3.8) is 0 Å². The Kier molecular flexibility index (Phi) is 4.83. The van der Waals surface area contributed by atoms with Gasteiger partial charge in [-0.2, -0.15) is 5.10 Å². The second-order valence-corrected chi connectivity index (χ2v) is 7.22. The fourth-order valence-corrected chi connectivity index (χ4v) is 3.56. The molecule has 0 unspecified atom stereocenters. The number of nitrogens with one attached hydrogen (secondary N) is 2. The van der Waals surface area contributed by atoms with E-state index in [1.54, 1.807) is 42.2 Å². The van der Waals surface area contributed by atoms with Crippen LogP contribution in [0.1, 0.15) is 10.4 Å². The van der Waals surface area contributed by atoms with Gasteiger partial charge in [0.2, 0.25) is 0 Å². The van der Waals surface area contributed by atoms with E-state index in [9.17, 15) is 9.18 Å². The first-order chi connectivity index (χ1) is 15.1. The van der Waals surface area contributed by atoms with Gasteiger partial charge in [-0.15, -0.1) is 0 Å². The number of hydrogen-bond acceptors (Lipinski definition) is 6. The number of aromatic amines is 1. The molecule has 0 spiro atoms. The number of pyridine rings is 1. The number of carbonyl (C=O) groups is 1. The van der Waals surface area contributed by atoms with E-state index in [4.69, 9.17) is 4.74 Å². The molecule has 0 saturated carbocycles. The Morgan fingerprint density at radius 3 is 2.81 bits per heavy atom. The van der Waals surface area contributed by atoms with Crippen LogP contribution in [0.5, 0.6) is 0 Å². The van der Waals surface area contributed by atoms with Crippen molar-refractivity contribution in [1.29, 1.82) is 0 Å². The molecule has 2 N–H and O–H groups in total. The Morgan fingerprint density at radius 1 is 1.23 bits per heavy atom. The number of ether oxygens (including phenoxy) is 1. The lowest BCUT2D eigenvalue weighted by atomic mass is 10.2. The summed E-state index contributed by atoms with van der Waals surface area (Å²) in [4.78, 5) is 26.6. The maximum atomic E-state index is 14.0. The molecular formula is C21H20FN7O2. The highest BCUT2D eigenvalue weighted by Gasteiger charge is 2.17. The number of aryl methyl sites for hydroxylation is 1. The maximum Gasteiger partial charge on any atom is 0.258 e. The third kappa shape index (κ3) is 3.73. The minimum Gasteiger partial charge on any atom is -0.378 e. The molecule has 4 heterocycles. The van der Waals surface area contributed by atoms with Crippen LogP contribution in [-0.2, 0) is 11.8 Å². The monoisotopic (exact) mass is 421 g/mol. The molecule has 31 heavy (non-hydrogen) atoms. The predicted octanol–water partition coefficient (Wildman–Crippen LogP) is 2.59. The summed E-state index contributed by atoms with van der Waals surface area (Å²) in [6, 6.07) is 9.98. The van der Waals surface area contributed by atoms with E-state index in [1.165, 1.54) is 6.07 Å². The van der Waals surface area contributed by atoms with Crippen LogP contribution in [0.4, 0.5) is 16.0 Å². The smallest absolute Gasteiger partial charge is 0.258 e. The Morgan fingerprint density at radius 2 is 2.06 bits per heavy atom. The van der Waals surface area contributed by atoms with Crippen molar-refractivity contribution in [3.8, 4) is 11.5 Å². The zero-order valence-corrected chi connectivity index (χ0v) is 16.8. The van der Waals surface area contributed by atoms with Gasteiger partial charge in [-0.25, -0.2) is 14.4 Å². The zero-order chi connectivity index (χ0) is 21.4. The fourth-order valence-electron chi connectivity index (χ4n) is 3.56. The number of imidazole rings is 1.